The fourth-order valence-corrected chi connectivity index (χ4v) is 10.2. The van der Waals surface area contributed by atoms with Crippen LogP contribution in [0.5, 0.6) is 5.75 Å². The van der Waals surface area contributed by atoms with Crippen molar-refractivity contribution in [2.24, 2.45) is 0 Å². The molecule has 2 N–H and O–H groups in total. The van der Waals surface area contributed by atoms with Gasteiger partial charge in [0.15, 0.2) is 5.82 Å². The zero-order chi connectivity index (χ0) is 46.3. The second-order valence-electron chi connectivity index (χ2n) is 15.8. The highest BCUT2D eigenvalue weighted by molar-refractivity contribution is 7.99. The van der Waals surface area contributed by atoms with Crippen LogP contribution in [0, 0.1) is 10.1 Å². The summed E-state index contributed by atoms with van der Waals surface area (Å²) in [5.74, 6) is 0.0672. The molecule has 6 aromatic rings. The summed E-state index contributed by atoms with van der Waals surface area (Å²) in [7, 11) is -4.38. The SMILES string of the molecule is O=[N+]([O-])c1cc(S(=O)(=O)Nc2ncnc3cc(N4CCN(Cc5cc(Cl)ccc5-c5ccccc5)CC4)ccc23)ccc1N[C@H](CCN1CCOCC1)CSc1ccc(OC(F)(F)F)cc1. The Hall–Kier alpha value is -5.70. The Bertz CT molecular complexity index is 2750. The molecule has 0 aliphatic carbocycles. The lowest BCUT2D eigenvalue weighted by Gasteiger charge is -2.36. The van der Waals surface area contributed by atoms with Crippen LogP contribution in [0.4, 0.5) is 36.1 Å². The summed E-state index contributed by atoms with van der Waals surface area (Å²) >= 11 is 7.78. The highest BCUT2D eigenvalue weighted by Gasteiger charge is 2.31. The normalized spacial score (nSPS) is 15.7. The molecule has 0 spiro atoms. The van der Waals surface area contributed by atoms with E-state index in [2.05, 4.69) is 57.6 Å². The molecule has 3 heterocycles. The Morgan fingerprint density at radius 2 is 1.64 bits per heavy atom. The van der Waals surface area contributed by atoms with Gasteiger partial charge in [0.05, 0.1) is 28.5 Å². The maximum atomic E-state index is 13.9. The zero-order valence-corrected chi connectivity index (χ0v) is 37.9. The summed E-state index contributed by atoms with van der Waals surface area (Å²) in [6.45, 7) is 7.15. The predicted molar refractivity (Wildman–Crippen MR) is 251 cm³/mol. The van der Waals surface area contributed by atoms with E-state index in [4.69, 9.17) is 16.3 Å². The third-order valence-electron chi connectivity index (χ3n) is 11.4. The number of alkyl halides is 3. The van der Waals surface area contributed by atoms with Crippen LogP contribution in [0.1, 0.15) is 12.0 Å². The second-order valence-corrected chi connectivity index (χ2v) is 19.0. The number of fused-ring (bicyclic) bond motifs is 1. The summed E-state index contributed by atoms with van der Waals surface area (Å²) in [4.78, 5) is 27.7. The number of rotatable bonds is 17. The maximum Gasteiger partial charge on any atom is 0.573 e. The molecule has 0 saturated carbocycles. The molecular weight excluding hydrogens is 917 g/mol. The summed E-state index contributed by atoms with van der Waals surface area (Å²) < 4.78 is 77.8. The topological polar surface area (TPSA) is 155 Å². The zero-order valence-electron chi connectivity index (χ0n) is 35.5. The molecule has 2 aliphatic rings. The van der Waals surface area contributed by atoms with Crippen molar-refractivity contribution in [2.75, 3.05) is 79.7 Å². The van der Waals surface area contributed by atoms with Gasteiger partial charge in [-0.2, -0.15) is 0 Å². The van der Waals surface area contributed by atoms with Crippen molar-refractivity contribution in [1.29, 1.82) is 0 Å². The van der Waals surface area contributed by atoms with E-state index in [0.29, 0.717) is 52.8 Å². The number of thioether (sulfide) groups is 1. The van der Waals surface area contributed by atoms with Gasteiger partial charge in [0.1, 0.15) is 17.8 Å². The minimum atomic E-state index is -4.81. The Morgan fingerprint density at radius 3 is 2.36 bits per heavy atom. The van der Waals surface area contributed by atoms with Crippen LogP contribution in [-0.4, -0.2) is 110 Å². The molecule has 66 heavy (non-hydrogen) atoms. The molecule has 2 saturated heterocycles. The molecule has 0 unspecified atom stereocenters. The van der Waals surface area contributed by atoms with E-state index in [1.54, 1.807) is 6.07 Å². The highest BCUT2D eigenvalue weighted by atomic mass is 35.5. The molecule has 0 bridgehead atoms. The van der Waals surface area contributed by atoms with Crippen molar-refractivity contribution in [3.8, 4) is 16.9 Å². The lowest BCUT2D eigenvalue weighted by atomic mass is 9.99. The highest BCUT2D eigenvalue weighted by Crippen LogP contribution is 2.34. The third kappa shape index (κ3) is 12.2. The molecular formula is C46H46ClF3N8O6S2. The molecule has 2 fully saturated rings. The van der Waals surface area contributed by atoms with Gasteiger partial charge in [-0.25, -0.2) is 18.4 Å². The van der Waals surface area contributed by atoms with Gasteiger partial charge in [0, 0.05) is 91.2 Å². The van der Waals surface area contributed by atoms with E-state index in [0.717, 1.165) is 74.3 Å². The monoisotopic (exact) mass is 962 g/mol. The van der Waals surface area contributed by atoms with Gasteiger partial charge in [0.25, 0.3) is 15.7 Å². The second kappa shape index (κ2) is 20.9. The van der Waals surface area contributed by atoms with Gasteiger partial charge < -0.3 is 19.7 Å². The number of halogens is 4. The van der Waals surface area contributed by atoms with Gasteiger partial charge >= 0.3 is 6.36 Å². The number of anilines is 3. The van der Waals surface area contributed by atoms with Crippen molar-refractivity contribution in [3.05, 3.63) is 136 Å². The van der Waals surface area contributed by atoms with Crippen LogP contribution in [0.2, 0.25) is 5.02 Å². The van der Waals surface area contributed by atoms with Crippen molar-refractivity contribution < 1.29 is 36.0 Å². The lowest BCUT2D eigenvalue weighted by Crippen LogP contribution is -2.46. The predicted octanol–water partition coefficient (Wildman–Crippen LogP) is 9.18. The number of aromatic nitrogens is 2. The van der Waals surface area contributed by atoms with E-state index in [-0.39, 0.29) is 28.2 Å². The van der Waals surface area contributed by atoms with Crippen LogP contribution in [-0.2, 0) is 21.3 Å². The van der Waals surface area contributed by atoms with Crippen molar-refractivity contribution in [2.45, 2.75) is 35.2 Å². The molecule has 346 valence electrons. The first-order valence-corrected chi connectivity index (χ1v) is 24.0. The molecule has 5 aromatic carbocycles. The maximum absolute atomic E-state index is 13.9. The molecule has 0 radical (unpaired) electrons. The molecule has 14 nitrogen and oxygen atoms in total. The number of nitro benzene ring substituents is 1. The van der Waals surface area contributed by atoms with E-state index in [9.17, 15) is 31.7 Å². The summed E-state index contributed by atoms with van der Waals surface area (Å²) in [6.07, 6.45) is -2.99. The van der Waals surface area contributed by atoms with Crippen molar-refractivity contribution in [1.82, 2.24) is 19.8 Å². The Balaban J connectivity index is 0.934. The smallest absolute Gasteiger partial charge is 0.406 e. The minimum absolute atomic E-state index is 0.0233. The fraction of sp³-hybridized carbons (Fsp3) is 0.304. The number of piperazine rings is 1. The molecule has 20 heteroatoms. The summed E-state index contributed by atoms with van der Waals surface area (Å²) in [5.41, 5.74) is 4.56. The number of nitro groups is 1. The van der Waals surface area contributed by atoms with Gasteiger partial charge in [-0.15, -0.1) is 24.9 Å². The van der Waals surface area contributed by atoms with Crippen molar-refractivity contribution in [3.63, 3.8) is 0 Å². The van der Waals surface area contributed by atoms with Gasteiger partial charge in [-0.05, 0) is 89.8 Å². The van der Waals surface area contributed by atoms with Crippen LogP contribution in [0.3, 0.4) is 0 Å². The largest absolute Gasteiger partial charge is 0.573 e. The Kier molecular flexibility index (Phi) is 14.8. The van der Waals surface area contributed by atoms with Gasteiger partial charge in [-0.3, -0.25) is 24.6 Å². The van der Waals surface area contributed by atoms with E-state index >= 15 is 0 Å². The number of hydrogen-bond donors (Lipinski definition) is 2. The van der Waals surface area contributed by atoms with E-state index in [1.165, 1.54) is 54.5 Å². The van der Waals surface area contributed by atoms with Crippen LogP contribution >= 0.6 is 23.4 Å². The standard InChI is InChI=1S/C46H46ClF3N8O6S2/c47-34-6-13-40(32-4-2-1-3-5-32)33(26-34)29-56-18-20-57(21-19-56)36-7-14-41-43(27-36)51-31-52-45(41)54-66(61,62)39-12-15-42(44(28-39)58(59)60)53-35(16-17-55-22-24-63-25-23-55)30-65-38-10-8-37(9-11-38)64-46(48,49)50/h1-15,26-28,31,35,53H,16-25,29-30H2,(H,51,52,54)/t35-/m1/s1. The van der Waals surface area contributed by atoms with Crippen LogP contribution in [0.25, 0.3) is 22.0 Å². The molecule has 1 aromatic heterocycles. The number of sulfonamides is 1. The number of hydrogen-bond acceptors (Lipinski definition) is 13. The first-order chi connectivity index (χ1) is 31.8. The lowest BCUT2D eigenvalue weighted by molar-refractivity contribution is -0.384. The average molecular weight is 964 g/mol. The molecule has 0 amide bonds. The Morgan fingerprint density at radius 1 is 0.879 bits per heavy atom. The molecule has 2 aliphatic heterocycles. The molecule has 8 rings (SSSR count). The number of morpholine rings is 1. The van der Waals surface area contributed by atoms with Crippen molar-refractivity contribution >= 4 is 67.2 Å². The number of ether oxygens (including phenoxy) is 2. The van der Waals surface area contributed by atoms with Crippen LogP contribution < -0.4 is 19.7 Å². The van der Waals surface area contributed by atoms with E-state index < -0.39 is 27.0 Å². The van der Waals surface area contributed by atoms with E-state index in [1.807, 2.05) is 42.5 Å². The quantitative estimate of drug-likeness (QED) is 0.0508. The number of nitrogens with zero attached hydrogens (tertiary/aromatic N) is 6. The minimum Gasteiger partial charge on any atom is -0.406 e. The van der Waals surface area contributed by atoms with Gasteiger partial charge in [0.2, 0.25) is 0 Å². The molecule has 1 atom stereocenters. The first-order valence-electron chi connectivity index (χ1n) is 21.2. The first kappa shape index (κ1) is 46.8. The fourth-order valence-electron chi connectivity index (χ4n) is 7.97. The Labute approximate surface area is 389 Å². The number of nitrogens with one attached hydrogen (secondary N) is 2. The average Bonchev–Trinajstić information content (AvgIpc) is 3.30. The number of benzene rings is 5. The van der Waals surface area contributed by atoms with Crippen LogP contribution in [0.15, 0.2) is 125 Å². The van der Waals surface area contributed by atoms with Gasteiger partial charge in [-0.1, -0.05) is 48.0 Å². The summed E-state index contributed by atoms with van der Waals surface area (Å²) in [6, 6.07) is 30.6. The third-order valence-corrected chi connectivity index (χ3v) is 14.1. The summed E-state index contributed by atoms with van der Waals surface area (Å²) in [5, 5.41) is 16.9.